The van der Waals surface area contributed by atoms with Crippen molar-refractivity contribution in [3.05, 3.63) is 23.8 Å². The van der Waals surface area contributed by atoms with E-state index in [2.05, 4.69) is 15.5 Å². The van der Waals surface area contributed by atoms with Crippen LogP contribution in [0.5, 0.6) is 5.75 Å². The summed E-state index contributed by atoms with van der Waals surface area (Å²) in [6.07, 6.45) is 2.60. The highest BCUT2D eigenvalue weighted by Crippen LogP contribution is 2.33. The Kier molecular flexibility index (Phi) is 4.41. The van der Waals surface area contributed by atoms with Gasteiger partial charge in [0.05, 0.1) is 0 Å². The Bertz CT molecular complexity index is 512. The predicted octanol–water partition coefficient (Wildman–Crippen LogP) is 1.76. The Morgan fingerprint density at radius 2 is 2.19 bits per heavy atom. The SMILES string of the molecule is CCNC1C(=O)Nc2cc(OCCN3CCCC3)ccc21. The van der Waals surface area contributed by atoms with Crippen LogP contribution in [0.2, 0.25) is 0 Å². The second kappa shape index (κ2) is 6.45. The van der Waals surface area contributed by atoms with Crippen LogP contribution in [0.4, 0.5) is 5.69 Å². The summed E-state index contributed by atoms with van der Waals surface area (Å²) in [6, 6.07) is 5.62. The summed E-state index contributed by atoms with van der Waals surface area (Å²) in [7, 11) is 0. The summed E-state index contributed by atoms with van der Waals surface area (Å²) in [6.45, 7) is 6.82. The van der Waals surface area contributed by atoms with E-state index in [0.717, 1.165) is 30.1 Å². The third kappa shape index (κ3) is 3.19. The van der Waals surface area contributed by atoms with Crippen LogP contribution in [0.1, 0.15) is 31.4 Å². The Morgan fingerprint density at radius 3 is 2.95 bits per heavy atom. The average Bonchev–Trinajstić information content (AvgIpc) is 3.08. The van der Waals surface area contributed by atoms with Crippen molar-refractivity contribution in [2.45, 2.75) is 25.8 Å². The summed E-state index contributed by atoms with van der Waals surface area (Å²) in [5.41, 5.74) is 1.87. The van der Waals surface area contributed by atoms with Crippen molar-refractivity contribution in [2.24, 2.45) is 0 Å². The number of carbonyl (C=O) groups is 1. The van der Waals surface area contributed by atoms with Gasteiger partial charge in [-0.25, -0.2) is 0 Å². The van der Waals surface area contributed by atoms with E-state index in [-0.39, 0.29) is 11.9 Å². The van der Waals surface area contributed by atoms with Crippen LogP contribution in [0, 0.1) is 0 Å². The Hall–Kier alpha value is -1.59. The molecule has 0 saturated carbocycles. The standard InChI is InChI=1S/C16H23N3O2/c1-2-17-15-13-6-5-12(11-14(13)18-16(15)20)21-10-9-19-7-3-4-8-19/h5-6,11,15,17H,2-4,7-10H2,1H3,(H,18,20). The number of carbonyl (C=O) groups excluding carboxylic acids is 1. The minimum Gasteiger partial charge on any atom is -0.492 e. The molecular weight excluding hydrogens is 266 g/mol. The molecule has 2 heterocycles. The van der Waals surface area contributed by atoms with Crippen LogP contribution in [0.3, 0.4) is 0 Å². The summed E-state index contributed by atoms with van der Waals surface area (Å²) in [4.78, 5) is 14.3. The zero-order valence-electron chi connectivity index (χ0n) is 12.5. The second-order valence-electron chi connectivity index (χ2n) is 5.63. The molecule has 0 aliphatic carbocycles. The molecule has 1 unspecified atom stereocenters. The van der Waals surface area contributed by atoms with E-state index < -0.39 is 0 Å². The van der Waals surface area contributed by atoms with E-state index >= 15 is 0 Å². The number of hydrogen-bond acceptors (Lipinski definition) is 4. The molecule has 0 radical (unpaired) electrons. The highest BCUT2D eigenvalue weighted by molar-refractivity contribution is 6.02. The fourth-order valence-electron chi connectivity index (χ4n) is 3.04. The first kappa shape index (κ1) is 14.4. The monoisotopic (exact) mass is 289 g/mol. The van der Waals surface area contributed by atoms with Crippen LogP contribution >= 0.6 is 0 Å². The third-order valence-electron chi connectivity index (χ3n) is 4.14. The van der Waals surface area contributed by atoms with E-state index in [9.17, 15) is 4.79 Å². The number of rotatable bonds is 6. The molecule has 1 aromatic carbocycles. The molecule has 1 saturated heterocycles. The quantitative estimate of drug-likeness (QED) is 0.838. The van der Waals surface area contributed by atoms with Gasteiger partial charge in [0.25, 0.3) is 0 Å². The molecule has 2 N–H and O–H groups in total. The number of nitrogens with one attached hydrogen (secondary N) is 2. The van der Waals surface area contributed by atoms with Gasteiger partial charge in [0.2, 0.25) is 5.91 Å². The van der Waals surface area contributed by atoms with Crippen molar-refractivity contribution in [2.75, 3.05) is 38.1 Å². The molecule has 0 bridgehead atoms. The van der Waals surface area contributed by atoms with E-state index in [4.69, 9.17) is 4.74 Å². The molecule has 1 fully saturated rings. The lowest BCUT2D eigenvalue weighted by Gasteiger charge is -2.15. The van der Waals surface area contributed by atoms with Crippen molar-refractivity contribution in [1.82, 2.24) is 10.2 Å². The summed E-state index contributed by atoms with van der Waals surface area (Å²) < 4.78 is 5.81. The number of benzene rings is 1. The number of hydrogen-bond donors (Lipinski definition) is 2. The molecule has 114 valence electrons. The Balaban J connectivity index is 1.58. The molecule has 2 aliphatic rings. The van der Waals surface area contributed by atoms with Crippen molar-refractivity contribution < 1.29 is 9.53 Å². The summed E-state index contributed by atoms with van der Waals surface area (Å²) >= 11 is 0. The number of likely N-dealkylation sites (N-methyl/N-ethyl adjacent to an activating group) is 1. The lowest BCUT2D eigenvalue weighted by Crippen LogP contribution is -2.27. The van der Waals surface area contributed by atoms with E-state index in [0.29, 0.717) is 6.61 Å². The van der Waals surface area contributed by atoms with E-state index in [1.807, 2.05) is 25.1 Å². The summed E-state index contributed by atoms with van der Waals surface area (Å²) in [5.74, 6) is 0.839. The predicted molar refractivity (Wildman–Crippen MR) is 82.7 cm³/mol. The zero-order chi connectivity index (χ0) is 14.7. The number of likely N-dealkylation sites (tertiary alicyclic amines) is 1. The zero-order valence-corrected chi connectivity index (χ0v) is 12.5. The first-order chi connectivity index (χ1) is 10.3. The van der Waals surface area contributed by atoms with E-state index in [1.54, 1.807) is 0 Å². The first-order valence-electron chi connectivity index (χ1n) is 7.81. The fraction of sp³-hybridized carbons (Fsp3) is 0.562. The van der Waals surface area contributed by atoms with Gasteiger partial charge in [-0.2, -0.15) is 0 Å². The number of ether oxygens (including phenoxy) is 1. The average molecular weight is 289 g/mol. The van der Waals surface area contributed by atoms with Gasteiger partial charge in [-0.1, -0.05) is 13.0 Å². The van der Waals surface area contributed by atoms with Crippen molar-refractivity contribution in [3.63, 3.8) is 0 Å². The maximum absolute atomic E-state index is 11.9. The molecule has 1 amide bonds. The van der Waals surface area contributed by atoms with Gasteiger partial charge in [-0.05, 0) is 38.5 Å². The van der Waals surface area contributed by atoms with Gasteiger partial charge in [0.1, 0.15) is 18.4 Å². The van der Waals surface area contributed by atoms with Gasteiger partial charge in [0, 0.05) is 23.9 Å². The molecule has 3 rings (SSSR count). The number of anilines is 1. The largest absolute Gasteiger partial charge is 0.492 e. The maximum atomic E-state index is 11.9. The van der Waals surface area contributed by atoms with Gasteiger partial charge < -0.3 is 15.4 Å². The highest BCUT2D eigenvalue weighted by atomic mass is 16.5. The van der Waals surface area contributed by atoms with Gasteiger partial charge in [0.15, 0.2) is 0 Å². The van der Waals surface area contributed by atoms with Crippen LogP contribution in [-0.4, -0.2) is 43.6 Å². The Morgan fingerprint density at radius 1 is 1.38 bits per heavy atom. The molecule has 2 aliphatic heterocycles. The molecule has 0 spiro atoms. The van der Waals surface area contributed by atoms with Crippen LogP contribution in [-0.2, 0) is 4.79 Å². The fourth-order valence-corrected chi connectivity index (χ4v) is 3.04. The molecule has 21 heavy (non-hydrogen) atoms. The smallest absolute Gasteiger partial charge is 0.246 e. The Labute approximate surface area is 125 Å². The normalized spacial score (nSPS) is 21.4. The van der Waals surface area contributed by atoms with Crippen LogP contribution in [0.25, 0.3) is 0 Å². The molecule has 5 heteroatoms. The molecule has 5 nitrogen and oxygen atoms in total. The molecule has 0 aromatic heterocycles. The van der Waals surface area contributed by atoms with Crippen molar-refractivity contribution >= 4 is 11.6 Å². The lowest BCUT2D eigenvalue weighted by atomic mass is 10.1. The third-order valence-corrected chi connectivity index (χ3v) is 4.14. The lowest BCUT2D eigenvalue weighted by molar-refractivity contribution is -0.117. The molecule has 1 atom stereocenters. The topological polar surface area (TPSA) is 53.6 Å². The van der Waals surface area contributed by atoms with Crippen molar-refractivity contribution in [3.8, 4) is 5.75 Å². The minimum absolute atomic E-state index is 0.0149. The first-order valence-corrected chi connectivity index (χ1v) is 7.81. The second-order valence-corrected chi connectivity index (χ2v) is 5.63. The molecular formula is C16H23N3O2. The number of fused-ring (bicyclic) bond motifs is 1. The molecule has 1 aromatic rings. The van der Waals surface area contributed by atoms with Gasteiger partial charge in [-0.15, -0.1) is 0 Å². The number of nitrogens with zero attached hydrogens (tertiary/aromatic N) is 1. The minimum atomic E-state index is -0.233. The van der Waals surface area contributed by atoms with Gasteiger partial charge in [-0.3, -0.25) is 9.69 Å². The van der Waals surface area contributed by atoms with E-state index in [1.165, 1.54) is 25.9 Å². The van der Waals surface area contributed by atoms with Crippen molar-refractivity contribution in [1.29, 1.82) is 0 Å². The summed E-state index contributed by atoms with van der Waals surface area (Å²) in [5, 5.41) is 6.10. The maximum Gasteiger partial charge on any atom is 0.246 e. The van der Waals surface area contributed by atoms with Gasteiger partial charge >= 0.3 is 0 Å². The highest BCUT2D eigenvalue weighted by Gasteiger charge is 2.29. The van der Waals surface area contributed by atoms with Crippen LogP contribution in [0.15, 0.2) is 18.2 Å². The van der Waals surface area contributed by atoms with Crippen LogP contribution < -0.4 is 15.4 Å². The number of amides is 1.